The molecule has 0 aliphatic carbocycles. The van der Waals surface area contributed by atoms with E-state index in [0.717, 1.165) is 0 Å². The van der Waals surface area contributed by atoms with Crippen LogP contribution < -0.4 is 0 Å². The van der Waals surface area contributed by atoms with Gasteiger partial charge in [-0.25, -0.2) is 0 Å². The first-order valence-electron chi connectivity index (χ1n) is 4.40. The van der Waals surface area contributed by atoms with E-state index in [1.807, 2.05) is 0 Å². The van der Waals surface area contributed by atoms with E-state index in [4.69, 9.17) is 0 Å². The molecule has 2 rings (SSSR count). The third kappa shape index (κ3) is 2.22. The molecule has 0 spiro atoms. The number of nitro groups is 2. The zero-order valence-corrected chi connectivity index (χ0v) is 8.37. The smallest absolute Gasteiger partial charge is 0.390 e. The highest BCUT2D eigenvalue weighted by atomic mass is 16.6. The number of rotatable bonds is 4. The lowest BCUT2D eigenvalue weighted by molar-refractivity contribution is -0.394. The Kier molecular flexibility index (Phi) is 2.48. The van der Waals surface area contributed by atoms with Gasteiger partial charge in [0.05, 0.1) is 0 Å². The van der Waals surface area contributed by atoms with Gasteiger partial charge in [0.1, 0.15) is 0 Å². The predicted octanol–water partition coefficient (Wildman–Crippen LogP) is -1.92. The van der Waals surface area contributed by atoms with Gasteiger partial charge in [0, 0.05) is 0 Å². The van der Waals surface area contributed by atoms with Crippen molar-refractivity contribution >= 4 is 19.4 Å². The SMILES string of the molecule is O=[N+]([O-])c1ncn([BH2-]n2cnc([N+](=O)[O-])n2)n1. The topological polar surface area (TPSA) is 148 Å². The molecule has 2 aromatic heterocycles. The zero-order chi connectivity index (χ0) is 12.4. The van der Waals surface area contributed by atoms with Gasteiger partial charge in [-0.05, 0) is 20.0 Å². The summed E-state index contributed by atoms with van der Waals surface area (Å²) in [6.07, 6.45) is 2.34. The summed E-state index contributed by atoms with van der Waals surface area (Å²) in [4.78, 5) is 26.1. The minimum absolute atomic E-state index is 0.525. The second kappa shape index (κ2) is 3.95. The maximum Gasteiger partial charge on any atom is 0.487 e. The number of nitrogens with zero attached hydrogens (tertiary/aromatic N) is 8. The minimum Gasteiger partial charge on any atom is -0.390 e. The normalized spacial score (nSPS) is 10.4. The van der Waals surface area contributed by atoms with Crippen LogP contribution in [0, 0.1) is 20.2 Å². The van der Waals surface area contributed by atoms with E-state index in [9.17, 15) is 20.2 Å². The first-order chi connectivity index (χ1) is 8.06. The Labute approximate surface area is 92.5 Å². The van der Waals surface area contributed by atoms with E-state index in [1.165, 1.54) is 21.8 Å². The van der Waals surface area contributed by atoms with E-state index in [-0.39, 0.29) is 0 Å². The fourth-order valence-corrected chi connectivity index (χ4v) is 1.23. The Balaban J connectivity index is 2.13. The van der Waals surface area contributed by atoms with Crippen LogP contribution in [0.4, 0.5) is 11.9 Å². The van der Waals surface area contributed by atoms with E-state index in [2.05, 4.69) is 20.2 Å². The fourth-order valence-electron chi connectivity index (χ4n) is 1.23. The van der Waals surface area contributed by atoms with Crippen molar-refractivity contribution in [3.8, 4) is 0 Å². The predicted molar refractivity (Wildman–Crippen MR) is 52.7 cm³/mol. The standard InChI is InChI=1S/C4H4BN8O4/c14-12(15)3-6-1-10(8-3)5-11-2-7-4(9-11)13(16)17/h1-2H,5H2/q-1. The summed E-state index contributed by atoms with van der Waals surface area (Å²) in [5, 5.41) is 27.8. The molecular weight excluding hydrogens is 235 g/mol. The maximum atomic E-state index is 10.3. The molecule has 0 radical (unpaired) electrons. The molecule has 0 saturated carbocycles. The van der Waals surface area contributed by atoms with Gasteiger partial charge in [0.25, 0.3) is 0 Å². The van der Waals surface area contributed by atoms with Crippen molar-refractivity contribution in [2.75, 3.05) is 0 Å². The summed E-state index contributed by atoms with van der Waals surface area (Å²) in [5.74, 6) is -1.05. The lowest BCUT2D eigenvalue weighted by Gasteiger charge is -1.98. The van der Waals surface area contributed by atoms with Gasteiger partial charge in [-0.2, -0.15) is 0 Å². The third-order valence-electron chi connectivity index (χ3n) is 1.91. The van der Waals surface area contributed by atoms with Crippen LogP contribution in [0.1, 0.15) is 0 Å². The Bertz CT molecular complexity index is 525. The lowest BCUT2D eigenvalue weighted by Crippen LogP contribution is -2.18. The van der Waals surface area contributed by atoms with Crippen molar-refractivity contribution in [1.29, 1.82) is 0 Å². The number of aromatic nitrogens is 6. The van der Waals surface area contributed by atoms with Crippen LogP contribution in [0.2, 0.25) is 0 Å². The summed E-state index contributed by atoms with van der Waals surface area (Å²) in [6.45, 7) is 0. The molecule has 0 aromatic carbocycles. The molecule has 88 valence electrons. The van der Waals surface area contributed by atoms with Crippen molar-refractivity contribution < 1.29 is 9.85 Å². The van der Waals surface area contributed by atoms with Crippen molar-refractivity contribution in [3.05, 3.63) is 32.9 Å². The Morgan fingerprint density at radius 2 is 1.41 bits per heavy atom. The monoisotopic (exact) mass is 239 g/mol. The van der Waals surface area contributed by atoms with Crippen LogP contribution in [0.5, 0.6) is 0 Å². The second-order valence-electron chi connectivity index (χ2n) is 3.15. The Morgan fingerprint density at radius 1 is 1.00 bits per heavy atom. The molecule has 2 aromatic rings. The van der Waals surface area contributed by atoms with Gasteiger partial charge < -0.3 is 29.4 Å². The maximum absolute atomic E-state index is 10.3. The van der Waals surface area contributed by atoms with Crippen LogP contribution in [0.3, 0.4) is 0 Å². The summed E-state index contributed by atoms with van der Waals surface area (Å²) in [6, 6.07) is 0. The van der Waals surface area contributed by atoms with Gasteiger partial charge in [0.2, 0.25) is 7.55 Å². The highest BCUT2D eigenvalue weighted by Gasteiger charge is 2.13. The number of hydrogen-bond acceptors (Lipinski definition) is 8. The molecule has 0 aliphatic heterocycles. The molecule has 0 unspecified atom stereocenters. The molecular formula is C4H4BN8O4-. The highest BCUT2D eigenvalue weighted by molar-refractivity contribution is 6.30. The Hall–Kier alpha value is -2.86. The number of hydrogen-bond donors (Lipinski definition) is 0. The molecule has 0 fully saturated rings. The molecule has 0 N–H and O–H groups in total. The van der Waals surface area contributed by atoms with Crippen molar-refractivity contribution in [2.45, 2.75) is 0 Å². The first kappa shape index (κ1) is 10.7. The Morgan fingerprint density at radius 3 is 1.71 bits per heavy atom. The third-order valence-corrected chi connectivity index (χ3v) is 1.91. The average Bonchev–Trinajstić information content (AvgIpc) is 2.87. The largest absolute Gasteiger partial charge is 0.487 e. The van der Waals surface area contributed by atoms with Crippen molar-refractivity contribution in [3.63, 3.8) is 0 Å². The summed E-state index contributed by atoms with van der Waals surface area (Å²) < 4.78 is 2.47. The summed E-state index contributed by atoms with van der Waals surface area (Å²) in [7, 11) is -1.25. The zero-order valence-electron chi connectivity index (χ0n) is 8.37. The molecule has 0 atom stereocenters. The van der Waals surface area contributed by atoms with E-state index < -0.39 is 29.3 Å². The van der Waals surface area contributed by atoms with E-state index in [0.29, 0.717) is 0 Å². The quantitative estimate of drug-likeness (QED) is 0.340. The molecule has 0 aliphatic rings. The van der Waals surface area contributed by atoms with Crippen LogP contribution in [-0.4, -0.2) is 46.7 Å². The lowest BCUT2D eigenvalue weighted by atomic mass is 10.2. The summed E-state index contributed by atoms with van der Waals surface area (Å²) >= 11 is 0. The van der Waals surface area contributed by atoms with Crippen molar-refractivity contribution in [2.24, 2.45) is 0 Å². The minimum atomic E-state index is -1.25. The molecule has 0 amide bonds. The molecule has 17 heavy (non-hydrogen) atoms. The molecule has 0 bridgehead atoms. The molecule has 13 heteroatoms. The van der Waals surface area contributed by atoms with Gasteiger partial charge >= 0.3 is 11.9 Å². The highest BCUT2D eigenvalue weighted by Crippen LogP contribution is 2.00. The van der Waals surface area contributed by atoms with Crippen LogP contribution in [-0.2, 0) is 0 Å². The molecule has 2 heterocycles. The van der Waals surface area contributed by atoms with Gasteiger partial charge in [-0.15, -0.1) is 0 Å². The van der Waals surface area contributed by atoms with Crippen molar-refractivity contribution in [1.82, 2.24) is 29.4 Å². The van der Waals surface area contributed by atoms with Crippen LogP contribution >= 0.6 is 0 Å². The summed E-state index contributed by atoms with van der Waals surface area (Å²) in [5.41, 5.74) is 0. The van der Waals surface area contributed by atoms with E-state index >= 15 is 0 Å². The van der Waals surface area contributed by atoms with Crippen LogP contribution in [0.25, 0.3) is 0 Å². The van der Waals surface area contributed by atoms with Crippen LogP contribution in [0.15, 0.2) is 12.7 Å². The van der Waals surface area contributed by atoms with Gasteiger partial charge in [-0.1, -0.05) is 9.97 Å². The fraction of sp³-hybridized carbons (Fsp3) is 0. The second-order valence-corrected chi connectivity index (χ2v) is 3.15. The van der Waals surface area contributed by atoms with Gasteiger partial charge in [0.15, 0.2) is 12.7 Å². The first-order valence-corrected chi connectivity index (χ1v) is 4.40. The average molecular weight is 239 g/mol. The molecule has 12 nitrogen and oxygen atoms in total. The van der Waals surface area contributed by atoms with Gasteiger partial charge in [-0.3, -0.25) is 0 Å². The molecule has 0 saturated heterocycles. The van der Waals surface area contributed by atoms with E-state index in [1.54, 1.807) is 0 Å².